The van der Waals surface area contributed by atoms with Gasteiger partial charge in [0.2, 0.25) is 0 Å². The number of rotatable bonds is 7. The van der Waals surface area contributed by atoms with Gasteiger partial charge in [0.25, 0.3) is 12.3 Å². The van der Waals surface area contributed by atoms with E-state index in [1.54, 1.807) is 12.1 Å². The number of aromatic nitrogens is 2. The summed E-state index contributed by atoms with van der Waals surface area (Å²) in [6.07, 6.45) is -0.628. The predicted molar refractivity (Wildman–Crippen MR) is 121 cm³/mol. The molecule has 36 heavy (non-hydrogen) atoms. The second-order valence-corrected chi connectivity index (χ2v) is 8.26. The smallest absolute Gasteiger partial charge is 0.328 e. The Labute approximate surface area is 204 Å². The van der Waals surface area contributed by atoms with E-state index in [0.717, 1.165) is 6.20 Å². The van der Waals surface area contributed by atoms with Gasteiger partial charge in [0, 0.05) is 31.3 Å². The summed E-state index contributed by atoms with van der Waals surface area (Å²) in [7, 11) is 0. The van der Waals surface area contributed by atoms with Crippen molar-refractivity contribution in [3.8, 4) is 11.8 Å². The summed E-state index contributed by atoms with van der Waals surface area (Å²) in [6.45, 7) is -0.142. The van der Waals surface area contributed by atoms with Crippen LogP contribution in [0, 0.1) is 11.3 Å². The number of anilines is 2. The number of aliphatic hydroxyl groups excluding tert-OH is 1. The molecule has 13 heteroatoms. The topological polar surface area (TPSA) is 149 Å². The second kappa shape index (κ2) is 10.6. The van der Waals surface area contributed by atoms with Crippen LogP contribution in [0.25, 0.3) is 0 Å². The third kappa shape index (κ3) is 5.23. The third-order valence-electron chi connectivity index (χ3n) is 5.85. The van der Waals surface area contributed by atoms with Crippen LogP contribution in [0.1, 0.15) is 40.0 Å². The molecule has 0 spiro atoms. The lowest BCUT2D eigenvalue weighted by Gasteiger charge is -2.29. The van der Waals surface area contributed by atoms with Gasteiger partial charge in [0.1, 0.15) is 47.4 Å². The normalized spacial score (nSPS) is 17.1. The molecule has 11 nitrogen and oxygen atoms in total. The van der Waals surface area contributed by atoms with Crippen LogP contribution >= 0.6 is 0 Å². The van der Waals surface area contributed by atoms with E-state index >= 15 is 0 Å². The number of nitrogens with zero attached hydrogens (tertiary/aromatic N) is 5. The molecule has 4 rings (SSSR count). The Kier molecular flexibility index (Phi) is 7.35. The van der Waals surface area contributed by atoms with Crippen molar-refractivity contribution in [2.45, 2.75) is 38.3 Å². The monoisotopic (exact) mass is 500 g/mol. The Hall–Kier alpha value is -4.18. The highest BCUT2D eigenvalue weighted by Crippen LogP contribution is 2.29. The number of alkyl halides is 2. The summed E-state index contributed by atoms with van der Waals surface area (Å²) >= 11 is 0. The maximum absolute atomic E-state index is 13.0. The van der Waals surface area contributed by atoms with Crippen molar-refractivity contribution in [3.63, 3.8) is 0 Å². The number of aryl methyl sites for hydroxylation is 1. The third-order valence-corrected chi connectivity index (χ3v) is 5.85. The van der Waals surface area contributed by atoms with Crippen LogP contribution < -0.4 is 15.0 Å². The summed E-state index contributed by atoms with van der Waals surface area (Å²) in [4.78, 5) is 48.0. The van der Waals surface area contributed by atoms with Crippen molar-refractivity contribution in [3.05, 3.63) is 40.7 Å². The molecule has 2 N–H and O–H groups in total. The molecule has 0 unspecified atom stereocenters. The van der Waals surface area contributed by atoms with Gasteiger partial charge in [0.15, 0.2) is 6.29 Å². The zero-order valence-corrected chi connectivity index (χ0v) is 19.0. The fourth-order valence-corrected chi connectivity index (χ4v) is 4.11. The fraction of sp³-hybridized carbons (Fsp3) is 0.391. The van der Waals surface area contributed by atoms with Gasteiger partial charge in [0.05, 0.1) is 6.20 Å². The molecular weight excluding hydrogens is 478 g/mol. The van der Waals surface area contributed by atoms with E-state index in [1.165, 1.54) is 15.9 Å². The van der Waals surface area contributed by atoms with E-state index < -0.39 is 31.1 Å². The molecule has 1 saturated heterocycles. The van der Waals surface area contributed by atoms with Gasteiger partial charge in [-0.15, -0.1) is 0 Å². The first-order chi connectivity index (χ1) is 17.3. The molecule has 1 atom stereocenters. The van der Waals surface area contributed by atoms with Crippen molar-refractivity contribution in [1.82, 2.24) is 14.9 Å². The standard InChI is InChI=1S/C23H22F2N6O5/c24-19(25)12-36-18-7-20(27-9-15(18)8-26)29-23(35)31-4-1-2-13-6-14(16(11-32)28-21(13)31)10-30-5-3-17(33)22(30)34/h6-7,9,11,17,19,33H,1-5,10,12H2,(H,27,29,35)/t17-/m0/s1. The average molecular weight is 500 g/mol. The number of carbonyl (C=O) groups excluding carboxylic acids is 3. The van der Waals surface area contributed by atoms with Crippen LogP contribution in [0.5, 0.6) is 5.75 Å². The van der Waals surface area contributed by atoms with E-state index in [2.05, 4.69) is 15.3 Å². The lowest BCUT2D eigenvalue weighted by molar-refractivity contribution is -0.134. The molecule has 2 aromatic rings. The number of fused-ring (bicyclic) bond motifs is 1. The maximum Gasteiger partial charge on any atom is 0.328 e. The largest absolute Gasteiger partial charge is 0.486 e. The Balaban J connectivity index is 1.55. The molecule has 2 aromatic heterocycles. The molecule has 0 bridgehead atoms. The van der Waals surface area contributed by atoms with Crippen LogP contribution in [0.3, 0.4) is 0 Å². The first-order valence-electron chi connectivity index (χ1n) is 11.1. The zero-order chi connectivity index (χ0) is 25.8. The number of ether oxygens (including phenoxy) is 1. The number of aliphatic hydroxyl groups is 1. The minimum absolute atomic E-state index is 0.0197. The lowest BCUT2D eigenvalue weighted by atomic mass is 10.0. The van der Waals surface area contributed by atoms with Gasteiger partial charge in [-0.2, -0.15) is 5.26 Å². The van der Waals surface area contributed by atoms with E-state index in [9.17, 15) is 28.3 Å². The number of nitrogens with one attached hydrogen (secondary N) is 1. The highest BCUT2D eigenvalue weighted by Gasteiger charge is 2.31. The Morgan fingerprint density at radius 2 is 2.19 bits per heavy atom. The van der Waals surface area contributed by atoms with Crippen molar-refractivity contribution in [2.75, 3.05) is 29.9 Å². The first-order valence-corrected chi connectivity index (χ1v) is 11.1. The molecular formula is C23H22F2N6O5. The molecule has 4 heterocycles. The fourth-order valence-electron chi connectivity index (χ4n) is 4.11. The van der Waals surface area contributed by atoms with E-state index in [4.69, 9.17) is 10.00 Å². The minimum atomic E-state index is -2.75. The van der Waals surface area contributed by atoms with Crippen LogP contribution in [0.15, 0.2) is 18.3 Å². The minimum Gasteiger partial charge on any atom is -0.486 e. The maximum atomic E-state index is 13.0. The number of aldehydes is 1. The summed E-state index contributed by atoms with van der Waals surface area (Å²) in [6, 6.07) is 4.08. The van der Waals surface area contributed by atoms with Gasteiger partial charge < -0.3 is 14.7 Å². The molecule has 3 amide bonds. The van der Waals surface area contributed by atoms with E-state index in [-0.39, 0.29) is 35.2 Å². The number of carbonyl (C=O) groups is 3. The number of urea groups is 1. The number of hydrogen-bond donors (Lipinski definition) is 2. The van der Waals surface area contributed by atoms with Gasteiger partial charge in [-0.1, -0.05) is 0 Å². The van der Waals surface area contributed by atoms with Crippen molar-refractivity contribution < 1.29 is 33.0 Å². The summed E-state index contributed by atoms with van der Waals surface area (Å²) in [5.74, 6) is -0.291. The number of hydrogen-bond acceptors (Lipinski definition) is 8. The van der Waals surface area contributed by atoms with Crippen LogP contribution in [-0.4, -0.2) is 70.4 Å². The van der Waals surface area contributed by atoms with Crippen molar-refractivity contribution >= 4 is 29.9 Å². The summed E-state index contributed by atoms with van der Waals surface area (Å²) in [5, 5.41) is 21.4. The second-order valence-electron chi connectivity index (χ2n) is 8.26. The van der Waals surface area contributed by atoms with E-state index in [1.807, 2.05) is 0 Å². The van der Waals surface area contributed by atoms with Gasteiger partial charge >= 0.3 is 6.03 Å². The van der Waals surface area contributed by atoms with Crippen molar-refractivity contribution in [1.29, 1.82) is 5.26 Å². The van der Waals surface area contributed by atoms with Gasteiger partial charge in [-0.25, -0.2) is 23.5 Å². The first kappa shape index (κ1) is 24.9. The van der Waals surface area contributed by atoms with E-state index in [0.29, 0.717) is 49.8 Å². The predicted octanol–water partition coefficient (Wildman–Crippen LogP) is 1.88. The number of amides is 3. The van der Waals surface area contributed by atoms with Gasteiger partial charge in [-0.3, -0.25) is 19.8 Å². The molecule has 2 aliphatic heterocycles. The molecule has 1 fully saturated rings. The zero-order valence-electron chi connectivity index (χ0n) is 19.0. The molecule has 0 radical (unpaired) electrons. The number of nitriles is 1. The number of likely N-dealkylation sites (tertiary alicyclic amines) is 1. The number of halogens is 2. The Bertz CT molecular complexity index is 1230. The highest BCUT2D eigenvalue weighted by molar-refractivity contribution is 6.01. The summed E-state index contributed by atoms with van der Waals surface area (Å²) < 4.78 is 30.0. The van der Waals surface area contributed by atoms with Crippen molar-refractivity contribution in [2.24, 2.45) is 0 Å². The molecule has 0 saturated carbocycles. The van der Waals surface area contributed by atoms with Gasteiger partial charge in [-0.05, 0) is 30.9 Å². The number of pyridine rings is 2. The lowest BCUT2D eigenvalue weighted by Crippen LogP contribution is -2.40. The molecule has 0 aromatic carbocycles. The SMILES string of the molecule is N#Cc1cnc(NC(=O)N2CCCc3cc(CN4CC[C@H](O)C4=O)c(C=O)nc32)cc1OCC(F)F. The average Bonchev–Trinajstić information content (AvgIpc) is 3.18. The van der Waals surface area contributed by atoms with Crippen LogP contribution in [0.4, 0.5) is 25.2 Å². The molecule has 2 aliphatic rings. The molecule has 0 aliphatic carbocycles. The highest BCUT2D eigenvalue weighted by atomic mass is 19.3. The van der Waals surface area contributed by atoms with Crippen LogP contribution in [-0.2, 0) is 17.8 Å². The molecule has 188 valence electrons. The summed E-state index contributed by atoms with van der Waals surface area (Å²) in [5.41, 5.74) is 1.23. The Morgan fingerprint density at radius 1 is 1.39 bits per heavy atom. The Morgan fingerprint density at radius 3 is 2.86 bits per heavy atom. The van der Waals surface area contributed by atoms with Crippen LogP contribution in [0.2, 0.25) is 0 Å². The quantitative estimate of drug-likeness (QED) is 0.548.